The summed E-state index contributed by atoms with van der Waals surface area (Å²) < 4.78 is 7.07. The summed E-state index contributed by atoms with van der Waals surface area (Å²) in [7, 11) is 0. The number of tetrazole rings is 1. The number of ether oxygens (including phenoxy) is 1. The van der Waals surface area contributed by atoms with E-state index >= 15 is 0 Å². The molecule has 1 atom stereocenters. The molecule has 27 heavy (non-hydrogen) atoms. The number of rotatable bonds is 5. The van der Waals surface area contributed by atoms with Crippen molar-refractivity contribution in [1.29, 1.82) is 0 Å². The zero-order valence-corrected chi connectivity index (χ0v) is 15.2. The third-order valence-corrected chi connectivity index (χ3v) is 4.82. The minimum Gasteiger partial charge on any atom is -0.494 e. The fourth-order valence-electron chi connectivity index (χ4n) is 3.51. The first-order chi connectivity index (χ1) is 13.3. The first-order valence-corrected chi connectivity index (χ1v) is 9.13. The van der Waals surface area contributed by atoms with Crippen LogP contribution >= 0.6 is 0 Å². The van der Waals surface area contributed by atoms with E-state index in [0.717, 1.165) is 36.4 Å². The lowest BCUT2D eigenvalue weighted by Gasteiger charge is -2.25. The summed E-state index contributed by atoms with van der Waals surface area (Å²) in [6, 6.07) is 15.5. The molecule has 1 aliphatic rings. The van der Waals surface area contributed by atoms with E-state index in [9.17, 15) is 4.79 Å². The molecule has 0 unspecified atom stereocenters. The molecule has 1 aliphatic heterocycles. The number of benzene rings is 2. The van der Waals surface area contributed by atoms with Crippen molar-refractivity contribution in [2.75, 3.05) is 13.2 Å². The molecular formula is C20H21N5O2. The van der Waals surface area contributed by atoms with E-state index < -0.39 is 0 Å². The Hall–Kier alpha value is -3.22. The van der Waals surface area contributed by atoms with Gasteiger partial charge in [-0.3, -0.25) is 4.79 Å². The molecule has 1 amide bonds. The van der Waals surface area contributed by atoms with Crippen molar-refractivity contribution < 1.29 is 9.53 Å². The highest BCUT2D eigenvalue weighted by Crippen LogP contribution is 2.34. The van der Waals surface area contributed by atoms with E-state index in [1.165, 1.54) is 6.33 Å². The molecule has 0 radical (unpaired) electrons. The zero-order chi connectivity index (χ0) is 18.6. The van der Waals surface area contributed by atoms with Gasteiger partial charge in [0, 0.05) is 12.1 Å². The van der Waals surface area contributed by atoms with E-state index in [1.54, 1.807) is 4.68 Å². The van der Waals surface area contributed by atoms with Crippen LogP contribution in [0.25, 0.3) is 5.69 Å². The SMILES string of the molecule is CCOc1ccc([C@@H]2CCCN2C(=O)c2ccc(-n3cnnn3)cc2)cc1. The maximum atomic E-state index is 13.1. The molecule has 0 aliphatic carbocycles. The minimum absolute atomic E-state index is 0.0506. The fourth-order valence-corrected chi connectivity index (χ4v) is 3.51. The highest BCUT2D eigenvalue weighted by Gasteiger charge is 2.30. The summed E-state index contributed by atoms with van der Waals surface area (Å²) in [5, 5.41) is 11.1. The molecule has 1 aromatic heterocycles. The maximum Gasteiger partial charge on any atom is 0.254 e. The number of carbonyl (C=O) groups excluding carboxylic acids is 1. The second-order valence-electron chi connectivity index (χ2n) is 6.46. The largest absolute Gasteiger partial charge is 0.494 e. The van der Waals surface area contributed by atoms with Crippen molar-refractivity contribution in [1.82, 2.24) is 25.1 Å². The Morgan fingerprint density at radius 3 is 2.59 bits per heavy atom. The Morgan fingerprint density at radius 1 is 1.15 bits per heavy atom. The topological polar surface area (TPSA) is 73.1 Å². The molecule has 7 heteroatoms. The van der Waals surface area contributed by atoms with Crippen LogP contribution in [0.4, 0.5) is 0 Å². The number of nitrogens with zero attached hydrogens (tertiary/aromatic N) is 5. The smallest absolute Gasteiger partial charge is 0.254 e. The summed E-state index contributed by atoms with van der Waals surface area (Å²) in [6.07, 6.45) is 3.51. The number of amides is 1. The standard InChI is InChI=1S/C20H21N5O2/c1-2-27-18-11-7-15(8-12-18)19-4-3-13-24(19)20(26)16-5-9-17(10-6-16)25-14-21-22-23-25/h5-12,14,19H,2-4,13H2,1H3/t19-/m0/s1. The minimum atomic E-state index is 0.0506. The van der Waals surface area contributed by atoms with Crippen LogP contribution in [-0.4, -0.2) is 44.2 Å². The van der Waals surface area contributed by atoms with Crippen LogP contribution in [0, 0.1) is 0 Å². The third-order valence-electron chi connectivity index (χ3n) is 4.82. The normalized spacial score (nSPS) is 16.5. The molecule has 138 valence electrons. The zero-order valence-electron chi connectivity index (χ0n) is 15.2. The fraction of sp³-hybridized carbons (Fsp3) is 0.300. The van der Waals surface area contributed by atoms with Crippen molar-refractivity contribution in [3.63, 3.8) is 0 Å². The van der Waals surface area contributed by atoms with E-state index in [-0.39, 0.29) is 11.9 Å². The lowest BCUT2D eigenvalue weighted by atomic mass is 10.0. The number of hydrogen-bond acceptors (Lipinski definition) is 5. The van der Waals surface area contributed by atoms with E-state index in [0.29, 0.717) is 12.2 Å². The molecule has 1 saturated heterocycles. The van der Waals surface area contributed by atoms with Gasteiger partial charge in [0.05, 0.1) is 18.3 Å². The van der Waals surface area contributed by atoms with Gasteiger partial charge in [0.25, 0.3) is 5.91 Å². The molecule has 0 saturated carbocycles. The van der Waals surface area contributed by atoms with Crippen molar-refractivity contribution in [2.24, 2.45) is 0 Å². The average molecular weight is 363 g/mol. The Bertz CT molecular complexity index is 891. The van der Waals surface area contributed by atoms with Crippen LogP contribution in [0.2, 0.25) is 0 Å². The van der Waals surface area contributed by atoms with Gasteiger partial charge in [-0.2, -0.15) is 0 Å². The molecule has 1 fully saturated rings. The lowest BCUT2D eigenvalue weighted by molar-refractivity contribution is 0.0735. The Balaban J connectivity index is 1.52. The molecule has 3 aromatic rings. The van der Waals surface area contributed by atoms with Gasteiger partial charge in [0.2, 0.25) is 0 Å². The summed E-state index contributed by atoms with van der Waals surface area (Å²) in [6.45, 7) is 3.38. The summed E-state index contributed by atoms with van der Waals surface area (Å²) in [5.41, 5.74) is 2.64. The van der Waals surface area contributed by atoms with Gasteiger partial charge in [0.1, 0.15) is 12.1 Å². The third kappa shape index (κ3) is 3.53. The Morgan fingerprint density at radius 2 is 1.93 bits per heavy atom. The molecular weight excluding hydrogens is 342 g/mol. The van der Waals surface area contributed by atoms with Crippen molar-refractivity contribution in [3.8, 4) is 11.4 Å². The van der Waals surface area contributed by atoms with Gasteiger partial charge in [-0.25, -0.2) is 4.68 Å². The maximum absolute atomic E-state index is 13.1. The lowest BCUT2D eigenvalue weighted by Crippen LogP contribution is -2.30. The summed E-state index contributed by atoms with van der Waals surface area (Å²) >= 11 is 0. The number of carbonyl (C=O) groups is 1. The molecule has 0 spiro atoms. The second kappa shape index (κ2) is 7.57. The van der Waals surface area contributed by atoms with Gasteiger partial charge >= 0.3 is 0 Å². The molecule has 4 rings (SSSR count). The van der Waals surface area contributed by atoms with E-state index in [1.807, 2.05) is 48.2 Å². The first-order valence-electron chi connectivity index (χ1n) is 9.13. The first kappa shape index (κ1) is 17.2. The van der Waals surface area contributed by atoms with Gasteiger partial charge in [-0.15, -0.1) is 5.10 Å². The molecule has 0 bridgehead atoms. The van der Waals surface area contributed by atoms with Crippen molar-refractivity contribution >= 4 is 5.91 Å². The molecule has 2 aromatic carbocycles. The van der Waals surface area contributed by atoms with Crippen molar-refractivity contribution in [2.45, 2.75) is 25.8 Å². The molecule has 0 N–H and O–H groups in total. The van der Waals surface area contributed by atoms with Crippen LogP contribution in [0.15, 0.2) is 54.9 Å². The van der Waals surface area contributed by atoms with Crippen LogP contribution in [0.5, 0.6) is 5.75 Å². The predicted octanol–water partition coefficient (Wildman–Crippen LogP) is 3.04. The van der Waals surface area contributed by atoms with E-state index in [4.69, 9.17) is 4.74 Å². The Kier molecular flexibility index (Phi) is 4.82. The van der Waals surface area contributed by atoms with E-state index in [2.05, 4.69) is 27.7 Å². The monoisotopic (exact) mass is 363 g/mol. The van der Waals surface area contributed by atoms with Crippen LogP contribution in [-0.2, 0) is 0 Å². The van der Waals surface area contributed by atoms with Gasteiger partial charge in [-0.1, -0.05) is 12.1 Å². The van der Waals surface area contributed by atoms with Gasteiger partial charge in [0.15, 0.2) is 0 Å². The van der Waals surface area contributed by atoms with Crippen molar-refractivity contribution in [3.05, 3.63) is 66.0 Å². The van der Waals surface area contributed by atoms with Gasteiger partial charge in [-0.05, 0) is 72.2 Å². The molecule has 7 nitrogen and oxygen atoms in total. The number of aromatic nitrogens is 4. The Labute approximate surface area is 157 Å². The van der Waals surface area contributed by atoms with Crippen LogP contribution in [0.3, 0.4) is 0 Å². The highest BCUT2D eigenvalue weighted by atomic mass is 16.5. The van der Waals surface area contributed by atoms with Crippen LogP contribution in [0.1, 0.15) is 41.7 Å². The summed E-state index contributed by atoms with van der Waals surface area (Å²) in [4.78, 5) is 15.0. The molecule has 2 heterocycles. The number of hydrogen-bond donors (Lipinski definition) is 0. The number of likely N-dealkylation sites (tertiary alicyclic amines) is 1. The van der Waals surface area contributed by atoms with Gasteiger partial charge < -0.3 is 9.64 Å². The summed E-state index contributed by atoms with van der Waals surface area (Å²) in [5.74, 6) is 0.907. The van der Waals surface area contributed by atoms with Crippen LogP contribution < -0.4 is 4.74 Å². The second-order valence-corrected chi connectivity index (χ2v) is 6.46. The predicted molar refractivity (Wildman–Crippen MR) is 99.8 cm³/mol. The highest BCUT2D eigenvalue weighted by molar-refractivity contribution is 5.94. The average Bonchev–Trinajstić information content (AvgIpc) is 3.41. The quantitative estimate of drug-likeness (QED) is 0.697.